The van der Waals surface area contributed by atoms with Crippen LogP contribution in [0.1, 0.15) is 12.8 Å². The van der Waals surface area contributed by atoms with Crippen LogP contribution in [0.3, 0.4) is 0 Å². The molecule has 0 radical (unpaired) electrons. The Hall–Kier alpha value is -0.810. The van der Waals surface area contributed by atoms with Crippen LogP contribution in [0, 0.1) is 5.92 Å². The Morgan fingerprint density at radius 2 is 2.14 bits per heavy atom. The van der Waals surface area contributed by atoms with Crippen LogP contribution in [-0.4, -0.2) is 56.9 Å². The van der Waals surface area contributed by atoms with Gasteiger partial charge in [-0.25, -0.2) is 0 Å². The molecule has 22 heavy (non-hydrogen) atoms. The largest absolute Gasteiger partial charge is 0.491 e. The minimum Gasteiger partial charge on any atom is -0.491 e. The van der Waals surface area contributed by atoms with Gasteiger partial charge in [-0.1, -0.05) is 18.2 Å². The Morgan fingerprint density at radius 3 is 2.91 bits per heavy atom. The fraction of sp³-hybridized carbons (Fsp3) is 0.647. The van der Waals surface area contributed by atoms with E-state index in [0.29, 0.717) is 6.61 Å². The van der Waals surface area contributed by atoms with Crippen molar-refractivity contribution in [3.05, 3.63) is 30.3 Å². The molecule has 1 aromatic carbocycles. The van der Waals surface area contributed by atoms with E-state index in [1.54, 1.807) is 0 Å². The highest BCUT2D eigenvalue weighted by atomic mass is 35.5. The SMILES string of the molecule is Cl.c1ccc(OCC2CN(CC3CCCNC3)CCO2)cc1. The van der Waals surface area contributed by atoms with Crippen LogP contribution < -0.4 is 10.1 Å². The fourth-order valence-electron chi connectivity index (χ4n) is 3.20. The summed E-state index contributed by atoms with van der Waals surface area (Å²) in [5.74, 6) is 1.72. The number of hydrogen-bond donors (Lipinski definition) is 1. The zero-order chi connectivity index (χ0) is 14.3. The molecular formula is C17H27ClN2O2. The van der Waals surface area contributed by atoms with E-state index in [-0.39, 0.29) is 18.5 Å². The summed E-state index contributed by atoms with van der Waals surface area (Å²) < 4.78 is 11.7. The first-order valence-corrected chi connectivity index (χ1v) is 8.12. The van der Waals surface area contributed by atoms with Gasteiger partial charge in [0.05, 0.1) is 6.61 Å². The topological polar surface area (TPSA) is 33.7 Å². The van der Waals surface area contributed by atoms with Gasteiger partial charge in [-0.05, 0) is 44.0 Å². The highest BCUT2D eigenvalue weighted by molar-refractivity contribution is 5.85. The van der Waals surface area contributed by atoms with E-state index >= 15 is 0 Å². The number of para-hydroxylation sites is 1. The Kier molecular flexibility index (Phi) is 7.46. The summed E-state index contributed by atoms with van der Waals surface area (Å²) in [5, 5.41) is 3.50. The van der Waals surface area contributed by atoms with Crippen molar-refractivity contribution in [2.45, 2.75) is 18.9 Å². The predicted octanol–water partition coefficient (Wildman–Crippen LogP) is 2.19. The van der Waals surface area contributed by atoms with Crippen molar-refractivity contribution >= 4 is 12.4 Å². The van der Waals surface area contributed by atoms with E-state index in [4.69, 9.17) is 9.47 Å². The lowest BCUT2D eigenvalue weighted by molar-refractivity contribution is -0.0522. The van der Waals surface area contributed by atoms with Gasteiger partial charge >= 0.3 is 0 Å². The Morgan fingerprint density at radius 1 is 1.27 bits per heavy atom. The van der Waals surface area contributed by atoms with Crippen LogP contribution in [0.5, 0.6) is 5.75 Å². The maximum Gasteiger partial charge on any atom is 0.119 e. The first-order chi connectivity index (χ1) is 10.4. The lowest BCUT2D eigenvalue weighted by atomic mass is 9.99. The minimum atomic E-state index is 0. The number of nitrogens with zero attached hydrogens (tertiary/aromatic N) is 1. The number of morpholine rings is 1. The second kappa shape index (κ2) is 9.36. The van der Waals surface area contributed by atoms with Crippen molar-refractivity contribution in [2.75, 3.05) is 45.9 Å². The molecule has 1 aromatic rings. The molecule has 0 aromatic heterocycles. The molecule has 3 rings (SSSR count). The van der Waals surface area contributed by atoms with Gasteiger partial charge in [0.25, 0.3) is 0 Å². The van der Waals surface area contributed by atoms with Crippen molar-refractivity contribution in [3.8, 4) is 5.75 Å². The highest BCUT2D eigenvalue weighted by Gasteiger charge is 2.24. The molecule has 2 heterocycles. The summed E-state index contributed by atoms with van der Waals surface area (Å²) in [7, 11) is 0. The maximum absolute atomic E-state index is 5.84. The van der Waals surface area contributed by atoms with Crippen LogP contribution in [0.4, 0.5) is 0 Å². The third-order valence-electron chi connectivity index (χ3n) is 4.32. The number of piperidine rings is 1. The van der Waals surface area contributed by atoms with Crippen molar-refractivity contribution in [2.24, 2.45) is 5.92 Å². The lowest BCUT2D eigenvalue weighted by Gasteiger charge is -2.36. The number of halogens is 1. The number of hydrogen-bond acceptors (Lipinski definition) is 4. The molecule has 0 amide bonds. The van der Waals surface area contributed by atoms with Gasteiger partial charge in [0.15, 0.2) is 0 Å². The smallest absolute Gasteiger partial charge is 0.119 e. The van der Waals surface area contributed by atoms with Gasteiger partial charge in [0.2, 0.25) is 0 Å². The standard InChI is InChI=1S/C17H26N2O2.ClH/c1-2-6-16(7-3-1)21-14-17-13-19(9-10-20-17)12-15-5-4-8-18-11-15;/h1-3,6-7,15,17-18H,4-5,8-14H2;1H. The second-order valence-corrected chi connectivity index (χ2v) is 6.09. The average Bonchev–Trinajstić information content (AvgIpc) is 2.55. The summed E-state index contributed by atoms with van der Waals surface area (Å²) in [6, 6.07) is 9.99. The lowest BCUT2D eigenvalue weighted by Crippen LogP contribution is -2.48. The zero-order valence-corrected chi connectivity index (χ0v) is 13.9. The van der Waals surface area contributed by atoms with E-state index in [2.05, 4.69) is 10.2 Å². The third-order valence-corrected chi connectivity index (χ3v) is 4.32. The van der Waals surface area contributed by atoms with Crippen molar-refractivity contribution in [1.29, 1.82) is 0 Å². The van der Waals surface area contributed by atoms with Crippen LogP contribution >= 0.6 is 12.4 Å². The molecule has 2 saturated heterocycles. The van der Waals surface area contributed by atoms with E-state index < -0.39 is 0 Å². The van der Waals surface area contributed by atoms with Crippen molar-refractivity contribution < 1.29 is 9.47 Å². The number of benzene rings is 1. The Balaban J connectivity index is 0.00000176. The molecule has 4 nitrogen and oxygen atoms in total. The van der Waals surface area contributed by atoms with Crippen LogP contribution in [0.2, 0.25) is 0 Å². The summed E-state index contributed by atoms with van der Waals surface area (Å²) in [4.78, 5) is 2.54. The molecule has 1 N–H and O–H groups in total. The summed E-state index contributed by atoms with van der Waals surface area (Å²) in [6.07, 6.45) is 2.86. The predicted molar refractivity (Wildman–Crippen MR) is 91.0 cm³/mol. The molecule has 2 fully saturated rings. The van der Waals surface area contributed by atoms with Gasteiger partial charge in [0, 0.05) is 19.6 Å². The molecule has 2 aliphatic heterocycles. The molecule has 0 aliphatic carbocycles. The Labute approximate surface area is 139 Å². The normalized spacial score (nSPS) is 26.2. The number of ether oxygens (including phenoxy) is 2. The monoisotopic (exact) mass is 326 g/mol. The third kappa shape index (κ3) is 5.43. The quantitative estimate of drug-likeness (QED) is 0.899. The van der Waals surface area contributed by atoms with Crippen LogP contribution in [-0.2, 0) is 4.74 Å². The summed E-state index contributed by atoms with van der Waals surface area (Å²) in [6.45, 7) is 7.06. The van der Waals surface area contributed by atoms with E-state index in [9.17, 15) is 0 Å². The van der Waals surface area contributed by atoms with E-state index in [0.717, 1.165) is 31.4 Å². The van der Waals surface area contributed by atoms with E-state index in [1.165, 1.54) is 32.5 Å². The Bertz CT molecular complexity index is 412. The van der Waals surface area contributed by atoms with Gasteiger partial charge < -0.3 is 14.8 Å². The summed E-state index contributed by atoms with van der Waals surface area (Å²) >= 11 is 0. The van der Waals surface area contributed by atoms with E-state index in [1.807, 2.05) is 30.3 Å². The molecule has 124 valence electrons. The average molecular weight is 327 g/mol. The van der Waals surface area contributed by atoms with Crippen molar-refractivity contribution in [3.63, 3.8) is 0 Å². The van der Waals surface area contributed by atoms with Crippen LogP contribution in [0.15, 0.2) is 30.3 Å². The molecule has 2 atom stereocenters. The van der Waals surface area contributed by atoms with Gasteiger partial charge in [-0.3, -0.25) is 4.90 Å². The molecule has 0 bridgehead atoms. The summed E-state index contributed by atoms with van der Waals surface area (Å²) in [5.41, 5.74) is 0. The zero-order valence-electron chi connectivity index (χ0n) is 13.1. The second-order valence-electron chi connectivity index (χ2n) is 6.09. The molecule has 0 saturated carbocycles. The first kappa shape index (κ1) is 17.5. The fourth-order valence-corrected chi connectivity index (χ4v) is 3.20. The number of rotatable bonds is 5. The molecular weight excluding hydrogens is 300 g/mol. The molecule has 2 unspecified atom stereocenters. The number of nitrogens with one attached hydrogen (secondary N) is 1. The maximum atomic E-state index is 5.84. The molecule has 5 heteroatoms. The van der Waals surface area contributed by atoms with Crippen molar-refractivity contribution in [1.82, 2.24) is 10.2 Å². The minimum absolute atomic E-state index is 0. The van der Waals surface area contributed by atoms with Gasteiger partial charge in [-0.15, -0.1) is 12.4 Å². The highest BCUT2D eigenvalue weighted by Crippen LogP contribution is 2.15. The molecule has 0 spiro atoms. The first-order valence-electron chi connectivity index (χ1n) is 8.12. The van der Waals surface area contributed by atoms with Gasteiger partial charge in [-0.2, -0.15) is 0 Å². The van der Waals surface area contributed by atoms with Crippen LogP contribution in [0.25, 0.3) is 0 Å². The molecule has 2 aliphatic rings. The van der Waals surface area contributed by atoms with Gasteiger partial charge in [0.1, 0.15) is 18.5 Å².